The van der Waals surface area contributed by atoms with Crippen molar-refractivity contribution in [3.8, 4) is 0 Å². The Morgan fingerprint density at radius 3 is 2.84 bits per heavy atom. The molecule has 2 N–H and O–H groups in total. The van der Waals surface area contributed by atoms with Crippen LogP contribution in [0.1, 0.15) is 42.3 Å². The van der Waals surface area contributed by atoms with E-state index in [1.807, 2.05) is 11.4 Å². The highest BCUT2D eigenvalue weighted by atomic mass is 32.1. The van der Waals surface area contributed by atoms with Crippen LogP contribution < -0.4 is 10.6 Å². The topological polar surface area (TPSA) is 58.2 Å². The summed E-state index contributed by atoms with van der Waals surface area (Å²) in [7, 11) is 0. The number of hydrogen-bond acceptors (Lipinski definition) is 3. The number of thiophene rings is 1. The van der Waals surface area contributed by atoms with Gasteiger partial charge in [-0.05, 0) is 30.2 Å². The van der Waals surface area contributed by atoms with E-state index in [1.54, 1.807) is 6.07 Å². The molecule has 104 valence electrons. The summed E-state index contributed by atoms with van der Waals surface area (Å²) in [5.41, 5.74) is 0. The maximum absolute atomic E-state index is 11.8. The van der Waals surface area contributed by atoms with Crippen molar-refractivity contribution in [1.29, 1.82) is 0 Å². The zero-order valence-corrected chi connectivity index (χ0v) is 12.0. The van der Waals surface area contributed by atoms with Crippen LogP contribution in [0.2, 0.25) is 0 Å². The summed E-state index contributed by atoms with van der Waals surface area (Å²) < 4.78 is 0. The second kappa shape index (κ2) is 6.70. The minimum absolute atomic E-state index is 0.0555. The number of carbonyl (C=O) groups excluding carboxylic acids is 2. The molecule has 1 aromatic heterocycles. The van der Waals surface area contributed by atoms with Crippen LogP contribution in [0.25, 0.3) is 0 Å². The van der Waals surface area contributed by atoms with Crippen LogP contribution in [0, 0.1) is 5.92 Å². The SMILES string of the molecule is C[C@H]1CCCC[C@@H]1NC(=O)CNC(=O)c1cccs1. The molecule has 5 heteroatoms. The normalized spacial score (nSPS) is 22.8. The maximum atomic E-state index is 11.8. The molecule has 2 atom stereocenters. The van der Waals surface area contributed by atoms with E-state index in [-0.39, 0.29) is 24.4 Å². The van der Waals surface area contributed by atoms with E-state index in [1.165, 1.54) is 30.6 Å². The molecule has 0 radical (unpaired) electrons. The Labute approximate surface area is 117 Å². The molecule has 0 aromatic carbocycles. The van der Waals surface area contributed by atoms with Gasteiger partial charge in [0.1, 0.15) is 0 Å². The molecule has 4 nitrogen and oxygen atoms in total. The van der Waals surface area contributed by atoms with Crippen LogP contribution in [0.3, 0.4) is 0 Å². The van der Waals surface area contributed by atoms with Crippen LogP contribution >= 0.6 is 11.3 Å². The molecule has 2 rings (SSSR count). The predicted octanol–water partition coefficient (Wildman–Crippen LogP) is 2.17. The maximum Gasteiger partial charge on any atom is 0.261 e. The Kier molecular flexibility index (Phi) is 4.96. The van der Waals surface area contributed by atoms with Crippen molar-refractivity contribution < 1.29 is 9.59 Å². The molecule has 2 amide bonds. The lowest BCUT2D eigenvalue weighted by Gasteiger charge is -2.29. The Balaban J connectivity index is 1.74. The van der Waals surface area contributed by atoms with Gasteiger partial charge in [-0.15, -0.1) is 11.3 Å². The first-order valence-corrected chi connectivity index (χ1v) is 7.66. The summed E-state index contributed by atoms with van der Waals surface area (Å²) in [4.78, 5) is 24.1. The van der Waals surface area contributed by atoms with Crippen LogP contribution in [0.4, 0.5) is 0 Å². The second-order valence-corrected chi connectivity index (χ2v) is 6.04. The Bertz CT molecular complexity index is 431. The van der Waals surface area contributed by atoms with Crippen molar-refractivity contribution in [3.05, 3.63) is 22.4 Å². The zero-order chi connectivity index (χ0) is 13.7. The fraction of sp³-hybridized carbons (Fsp3) is 0.571. The molecular formula is C14H20N2O2S. The minimum atomic E-state index is -0.179. The van der Waals surface area contributed by atoms with E-state index in [2.05, 4.69) is 17.6 Å². The van der Waals surface area contributed by atoms with Crippen molar-refractivity contribution in [3.63, 3.8) is 0 Å². The standard InChI is InChI=1S/C14H20N2O2S/c1-10-5-2-3-6-11(10)16-13(17)9-15-14(18)12-7-4-8-19-12/h4,7-8,10-11H,2-3,5-6,9H2,1H3,(H,15,18)(H,16,17)/t10-,11-/m0/s1. The van der Waals surface area contributed by atoms with Gasteiger partial charge in [0.25, 0.3) is 5.91 Å². The van der Waals surface area contributed by atoms with E-state index < -0.39 is 0 Å². The number of hydrogen-bond donors (Lipinski definition) is 2. The van der Waals surface area contributed by atoms with Crippen molar-refractivity contribution in [1.82, 2.24) is 10.6 Å². The van der Waals surface area contributed by atoms with E-state index in [4.69, 9.17) is 0 Å². The lowest BCUT2D eigenvalue weighted by atomic mass is 9.86. The van der Waals surface area contributed by atoms with Gasteiger partial charge < -0.3 is 10.6 Å². The molecule has 0 bridgehead atoms. The van der Waals surface area contributed by atoms with Gasteiger partial charge in [0.05, 0.1) is 11.4 Å². The monoisotopic (exact) mass is 280 g/mol. The summed E-state index contributed by atoms with van der Waals surface area (Å²) in [5.74, 6) is 0.260. The fourth-order valence-corrected chi connectivity index (χ4v) is 3.08. The summed E-state index contributed by atoms with van der Waals surface area (Å²) in [6.07, 6.45) is 4.65. The highest BCUT2D eigenvalue weighted by molar-refractivity contribution is 7.12. The molecule has 1 heterocycles. The fourth-order valence-electron chi connectivity index (χ4n) is 2.44. The number of nitrogens with one attached hydrogen (secondary N) is 2. The van der Waals surface area contributed by atoms with Gasteiger partial charge in [0, 0.05) is 6.04 Å². The summed E-state index contributed by atoms with van der Waals surface area (Å²) >= 11 is 1.38. The average molecular weight is 280 g/mol. The number of carbonyl (C=O) groups is 2. The predicted molar refractivity (Wildman–Crippen MR) is 76.2 cm³/mol. The van der Waals surface area contributed by atoms with Crippen molar-refractivity contribution in [2.45, 2.75) is 38.6 Å². The molecule has 0 aliphatic heterocycles. The van der Waals surface area contributed by atoms with Gasteiger partial charge in [-0.2, -0.15) is 0 Å². The van der Waals surface area contributed by atoms with Crippen LogP contribution in [-0.2, 0) is 4.79 Å². The first kappa shape index (κ1) is 14.1. The molecule has 0 unspecified atom stereocenters. The van der Waals surface area contributed by atoms with Gasteiger partial charge in [0.15, 0.2) is 0 Å². The molecular weight excluding hydrogens is 260 g/mol. The molecule has 1 fully saturated rings. The van der Waals surface area contributed by atoms with E-state index >= 15 is 0 Å². The molecule has 19 heavy (non-hydrogen) atoms. The zero-order valence-electron chi connectivity index (χ0n) is 11.1. The highest BCUT2D eigenvalue weighted by Crippen LogP contribution is 2.23. The van der Waals surface area contributed by atoms with E-state index in [9.17, 15) is 9.59 Å². The van der Waals surface area contributed by atoms with Crippen LogP contribution in [-0.4, -0.2) is 24.4 Å². The lowest BCUT2D eigenvalue weighted by Crippen LogP contribution is -2.45. The number of rotatable bonds is 4. The second-order valence-electron chi connectivity index (χ2n) is 5.10. The highest BCUT2D eigenvalue weighted by Gasteiger charge is 2.22. The summed E-state index contributed by atoms with van der Waals surface area (Å²) in [6, 6.07) is 3.84. The van der Waals surface area contributed by atoms with E-state index in [0.717, 1.165) is 6.42 Å². The van der Waals surface area contributed by atoms with Crippen LogP contribution in [0.15, 0.2) is 17.5 Å². The molecule has 0 saturated heterocycles. The summed E-state index contributed by atoms with van der Waals surface area (Å²) in [5, 5.41) is 7.51. The first-order chi connectivity index (χ1) is 9.16. The Morgan fingerprint density at radius 2 is 2.16 bits per heavy atom. The lowest BCUT2D eigenvalue weighted by molar-refractivity contribution is -0.121. The van der Waals surface area contributed by atoms with Gasteiger partial charge >= 0.3 is 0 Å². The Morgan fingerprint density at radius 1 is 1.37 bits per heavy atom. The van der Waals surface area contributed by atoms with Gasteiger partial charge in [0.2, 0.25) is 5.91 Å². The van der Waals surface area contributed by atoms with Gasteiger partial charge in [-0.1, -0.05) is 25.8 Å². The molecule has 1 aromatic rings. The van der Waals surface area contributed by atoms with Gasteiger partial charge in [-0.3, -0.25) is 9.59 Å². The number of amides is 2. The minimum Gasteiger partial charge on any atom is -0.352 e. The van der Waals surface area contributed by atoms with Crippen molar-refractivity contribution in [2.75, 3.05) is 6.54 Å². The van der Waals surface area contributed by atoms with Crippen LogP contribution in [0.5, 0.6) is 0 Å². The smallest absolute Gasteiger partial charge is 0.261 e. The third kappa shape index (κ3) is 4.06. The van der Waals surface area contributed by atoms with Crippen molar-refractivity contribution in [2.24, 2.45) is 5.92 Å². The average Bonchev–Trinajstić information content (AvgIpc) is 2.93. The van der Waals surface area contributed by atoms with Gasteiger partial charge in [-0.25, -0.2) is 0 Å². The van der Waals surface area contributed by atoms with Crippen molar-refractivity contribution >= 4 is 23.2 Å². The molecule has 1 saturated carbocycles. The molecule has 0 spiro atoms. The quantitative estimate of drug-likeness (QED) is 0.888. The summed E-state index contributed by atoms with van der Waals surface area (Å²) in [6.45, 7) is 2.23. The third-order valence-corrected chi connectivity index (χ3v) is 4.48. The van der Waals surface area contributed by atoms with E-state index in [0.29, 0.717) is 10.8 Å². The molecule has 1 aliphatic rings. The first-order valence-electron chi connectivity index (χ1n) is 6.78. The third-order valence-electron chi connectivity index (χ3n) is 3.61. The Hall–Kier alpha value is -1.36. The largest absolute Gasteiger partial charge is 0.352 e. The molecule has 1 aliphatic carbocycles.